The fourth-order valence-corrected chi connectivity index (χ4v) is 2.78. The van der Waals surface area contributed by atoms with Gasteiger partial charge in [-0.25, -0.2) is 4.98 Å². The Bertz CT molecular complexity index is 1030. The maximum absolute atomic E-state index is 13.0. The number of amides is 2. The quantitative estimate of drug-likeness (QED) is 0.628. The van der Waals surface area contributed by atoms with Gasteiger partial charge in [-0.1, -0.05) is 11.6 Å². The lowest BCUT2D eigenvalue weighted by atomic mass is 10.2. The smallest absolute Gasteiger partial charge is 0.417 e. The Labute approximate surface area is 173 Å². The SMILES string of the molecule is O=C(CN(Cc1ccco1)C(=O)c1cnccn1)Nc1ccc(Cl)c(C(F)(F)F)c1. The Hall–Kier alpha value is -3.40. The standard InChI is InChI=1S/C19H14ClF3N4O3/c20-15-4-3-12(8-14(15)19(21,22)23)26-17(28)11-27(10-13-2-1-7-30-13)18(29)16-9-24-5-6-25-16/h1-9H,10-11H2,(H,26,28). The van der Waals surface area contributed by atoms with Crippen LogP contribution in [0.25, 0.3) is 0 Å². The van der Waals surface area contributed by atoms with Gasteiger partial charge < -0.3 is 14.6 Å². The van der Waals surface area contributed by atoms with Gasteiger partial charge in [0.2, 0.25) is 5.91 Å². The van der Waals surface area contributed by atoms with Gasteiger partial charge in [0.1, 0.15) is 18.0 Å². The number of hydrogen-bond donors (Lipinski definition) is 1. The van der Waals surface area contributed by atoms with Crippen molar-refractivity contribution >= 4 is 29.1 Å². The number of carbonyl (C=O) groups excluding carboxylic acids is 2. The molecular weight excluding hydrogens is 425 g/mol. The minimum Gasteiger partial charge on any atom is -0.467 e. The summed E-state index contributed by atoms with van der Waals surface area (Å²) in [5.74, 6) is -0.901. The largest absolute Gasteiger partial charge is 0.467 e. The fourth-order valence-electron chi connectivity index (χ4n) is 2.56. The minimum atomic E-state index is -4.68. The van der Waals surface area contributed by atoms with E-state index >= 15 is 0 Å². The first kappa shape index (κ1) is 21.3. The van der Waals surface area contributed by atoms with E-state index in [0.29, 0.717) is 5.76 Å². The number of nitrogens with one attached hydrogen (secondary N) is 1. The van der Waals surface area contributed by atoms with E-state index in [9.17, 15) is 22.8 Å². The van der Waals surface area contributed by atoms with Crippen LogP contribution in [0.2, 0.25) is 5.02 Å². The normalized spacial score (nSPS) is 11.2. The van der Waals surface area contributed by atoms with Crippen molar-refractivity contribution in [3.05, 3.63) is 77.2 Å². The van der Waals surface area contributed by atoms with E-state index in [1.807, 2.05) is 0 Å². The Balaban J connectivity index is 1.77. The monoisotopic (exact) mass is 438 g/mol. The van der Waals surface area contributed by atoms with Crippen molar-refractivity contribution in [3.8, 4) is 0 Å². The first-order chi connectivity index (χ1) is 14.2. The van der Waals surface area contributed by atoms with E-state index in [4.69, 9.17) is 16.0 Å². The zero-order valence-electron chi connectivity index (χ0n) is 15.2. The molecule has 156 valence electrons. The maximum atomic E-state index is 13.0. The molecule has 0 unspecified atom stereocenters. The van der Waals surface area contributed by atoms with Crippen LogP contribution >= 0.6 is 11.6 Å². The average molecular weight is 439 g/mol. The van der Waals surface area contributed by atoms with Gasteiger partial charge in [-0.05, 0) is 30.3 Å². The number of anilines is 1. The maximum Gasteiger partial charge on any atom is 0.417 e. The van der Waals surface area contributed by atoms with Crippen LogP contribution in [0.1, 0.15) is 21.8 Å². The Kier molecular flexibility index (Phi) is 6.36. The van der Waals surface area contributed by atoms with E-state index in [0.717, 1.165) is 17.0 Å². The zero-order valence-corrected chi connectivity index (χ0v) is 15.9. The highest BCUT2D eigenvalue weighted by Crippen LogP contribution is 2.36. The molecule has 0 aliphatic heterocycles. The van der Waals surface area contributed by atoms with Gasteiger partial charge in [-0.15, -0.1) is 0 Å². The average Bonchev–Trinajstić information content (AvgIpc) is 3.21. The van der Waals surface area contributed by atoms with Crippen LogP contribution in [-0.2, 0) is 17.5 Å². The van der Waals surface area contributed by atoms with E-state index in [1.54, 1.807) is 12.1 Å². The number of halogens is 4. The molecular formula is C19H14ClF3N4O3. The van der Waals surface area contributed by atoms with Crippen LogP contribution in [0.4, 0.5) is 18.9 Å². The highest BCUT2D eigenvalue weighted by atomic mass is 35.5. The predicted octanol–water partition coefficient (Wildman–Crippen LogP) is 4.02. The topological polar surface area (TPSA) is 88.3 Å². The third kappa shape index (κ3) is 5.35. The number of carbonyl (C=O) groups is 2. The van der Waals surface area contributed by atoms with Gasteiger partial charge in [0.15, 0.2) is 0 Å². The number of benzene rings is 1. The van der Waals surface area contributed by atoms with Crippen molar-refractivity contribution in [1.82, 2.24) is 14.9 Å². The molecule has 3 rings (SSSR count). The summed E-state index contributed by atoms with van der Waals surface area (Å²) in [5, 5.41) is 1.85. The van der Waals surface area contributed by atoms with Gasteiger partial charge in [0, 0.05) is 18.1 Å². The Morgan fingerprint density at radius 2 is 2.00 bits per heavy atom. The molecule has 1 aromatic carbocycles. The third-order valence-corrected chi connectivity index (χ3v) is 4.22. The summed E-state index contributed by atoms with van der Waals surface area (Å²) in [6.45, 7) is -0.510. The van der Waals surface area contributed by atoms with Crippen molar-refractivity contribution in [3.63, 3.8) is 0 Å². The number of nitrogens with zero attached hydrogens (tertiary/aromatic N) is 3. The molecule has 1 N–H and O–H groups in total. The molecule has 0 saturated carbocycles. The van der Waals surface area contributed by atoms with Gasteiger partial charge >= 0.3 is 6.18 Å². The van der Waals surface area contributed by atoms with Gasteiger partial charge in [0.05, 0.1) is 29.6 Å². The highest BCUT2D eigenvalue weighted by molar-refractivity contribution is 6.31. The second kappa shape index (κ2) is 8.95. The van der Waals surface area contributed by atoms with Crippen molar-refractivity contribution in [2.45, 2.75) is 12.7 Å². The van der Waals surface area contributed by atoms with E-state index in [1.165, 1.54) is 30.9 Å². The van der Waals surface area contributed by atoms with Crippen molar-refractivity contribution in [2.75, 3.05) is 11.9 Å². The molecule has 0 atom stereocenters. The van der Waals surface area contributed by atoms with Crippen LogP contribution in [-0.4, -0.2) is 33.2 Å². The third-order valence-electron chi connectivity index (χ3n) is 3.89. The first-order valence-corrected chi connectivity index (χ1v) is 8.86. The summed E-state index contributed by atoms with van der Waals surface area (Å²) >= 11 is 5.58. The lowest BCUT2D eigenvalue weighted by molar-refractivity contribution is -0.137. The molecule has 30 heavy (non-hydrogen) atoms. The molecule has 0 fully saturated rings. The Morgan fingerprint density at radius 3 is 2.63 bits per heavy atom. The summed E-state index contributed by atoms with van der Waals surface area (Å²) in [5.41, 5.74) is -1.19. The number of furan rings is 1. The van der Waals surface area contributed by atoms with Gasteiger partial charge in [0.25, 0.3) is 5.91 Å². The summed E-state index contributed by atoms with van der Waals surface area (Å²) in [4.78, 5) is 34.0. The lowest BCUT2D eigenvalue weighted by Crippen LogP contribution is -2.38. The van der Waals surface area contributed by atoms with Crippen molar-refractivity contribution in [2.24, 2.45) is 0 Å². The number of rotatable bonds is 6. The molecule has 7 nitrogen and oxygen atoms in total. The fraction of sp³-hybridized carbons (Fsp3) is 0.158. The number of alkyl halides is 3. The molecule has 0 aliphatic carbocycles. The second-order valence-electron chi connectivity index (χ2n) is 6.07. The lowest BCUT2D eigenvalue weighted by Gasteiger charge is -2.21. The van der Waals surface area contributed by atoms with Crippen molar-refractivity contribution in [1.29, 1.82) is 0 Å². The summed E-state index contributed by atoms with van der Waals surface area (Å²) < 4.78 is 44.2. The Morgan fingerprint density at radius 1 is 1.20 bits per heavy atom. The van der Waals surface area contributed by atoms with Crippen LogP contribution < -0.4 is 5.32 Å². The highest BCUT2D eigenvalue weighted by Gasteiger charge is 2.33. The number of aromatic nitrogens is 2. The first-order valence-electron chi connectivity index (χ1n) is 8.48. The molecule has 0 aliphatic rings. The molecule has 2 aromatic heterocycles. The molecule has 2 amide bonds. The number of hydrogen-bond acceptors (Lipinski definition) is 5. The molecule has 0 saturated heterocycles. The summed E-state index contributed by atoms with van der Waals surface area (Å²) in [6, 6.07) is 6.22. The molecule has 3 aromatic rings. The second-order valence-corrected chi connectivity index (χ2v) is 6.48. The van der Waals surface area contributed by atoms with Gasteiger partial charge in [-0.3, -0.25) is 14.6 Å². The van der Waals surface area contributed by atoms with Crippen molar-refractivity contribution < 1.29 is 27.2 Å². The molecule has 11 heteroatoms. The zero-order chi connectivity index (χ0) is 21.7. The van der Waals surface area contributed by atoms with Gasteiger partial charge in [-0.2, -0.15) is 13.2 Å². The molecule has 0 radical (unpaired) electrons. The molecule has 2 heterocycles. The molecule has 0 bridgehead atoms. The molecule has 0 spiro atoms. The minimum absolute atomic E-state index is 0.00251. The van der Waals surface area contributed by atoms with Crippen LogP contribution in [0, 0.1) is 0 Å². The predicted molar refractivity (Wildman–Crippen MR) is 101 cm³/mol. The summed E-state index contributed by atoms with van der Waals surface area (Å²) in [7, 11) is 0. The van der Waals surface area contributed by atoms with E-state index in [-0.39, 0.29) is 17.9 Å². The summed E-state index contributed by atoms with van der Waals surface area (Å²) in [6.07, 6.45) is 0.686. The van der Waals surface area contributed by atoms with Crippen LogP contribution in [0.3, 0.4) is 0 Å². The van der Waals surface area contributed by atoms with Crippen LogP contribution in [0.15, 0.2) is 59.6 Å². The van der Waals surface area contributed by atoms with E-state index in [2.05, 4.69) is 15.3 Å². The van der Waals surface area contributed by atoms with E-state index < -0.39 is 35.1 Å². The van der Waals surface area contributed by atoms with Crippen LogP contribution in [0.5, 0.6) is 0 Å².